The van der Waals surface area contributed by atoms with Crippen LogP contribution < -0.4 is 4.90 Å². The van der Waals surface area contributed by atoms with Gasteiger partial charge in [-0.15, -0.1) is 11.3 Å². The lowest BCUT2D eigenvalue weighted by Crippen LogP contribution is -2.21. The third-order valence-electron chi connectivity index (χ3n) is 13.3. The molecular weight excluding hydrogens is 709 g/mol. The molecular formula is C54H42N2S. The Bertz CT molecular complexity index is 3060. The largest absolute Gasteiger partial charge is 0.309 e. The second-order valence-corrected chi connectivity index (χ2v) is 17.6. The van der Waals surface area contributed by atoms with Crippen LogP contribution in [-0.4, -0.2) is 4.57 Å². The maximum absolute atomic E-state index is 2.55. The number of thiophene rings is 1. The van der Waals surface area contributed by atoms with Crippen molar-refractivity contribution >= 4 is 66.4 Å². The average molecular weight is 751 g/mol. The van der Waals surface area contributed by atoms with E-state index in [0.29, 0.717) is 5.92 Å². The molecule has 3 aliphatic carbocycles. The van der Waals surface area contributed by atoms with Crippen LogP contribution in [0.25, 0.3) is 65.9 Å². The minimum Gasteiger partial charge on any atom is -0.309 e. The van der Waals surface area contributed by atoms with Gasteiger partial charge >= 0.3 is 0 Å². The van der Waals surface area contributed by atoms with Crippen LogP contribution in [0.4, 0.5) is 17.1 Å². The van der Waals surface area contributed by atoms with Gasteiger partial charge in [0.2, 0.25) is 0 Å². The molecule has 12 rings (SSSR count). The summed E-state index contributed by atoms with van der Waals surface area (Å²) in [4.78, 5) is 4.05. The molecule has 0 aliphatic heterocycles. The summed E-state index contributed by atoms with van der Waals surface area (Å²) in [7, 11) is 0. The van der Waals surface area contributed by atoms with Crippen molar-refractivity contribution in [2.75, 3.05) is 4.90 Å². The first-order valence-electron chi connectivity index (χ1n) is 20.6. The first kappa shape index (κ1) is 33.0. The van der Waals surface area contributed by atoms with Crippen LogP contribution in [-0.2, 0) is 11.8 Å². The highest BCUT2D eigenvalue weighted by molar-refractivity contribution is 7.20. The summed E-state index contributed by atoms with van der Waals surface area (Å²) in [6.45, 7) is 2.33. The van der Waals surface area contributed by atoms with E-state index in [9.17, 15) is 0 Å². The number of hydrogen-bond donors (Lipinski definition) is 0. The number of aromatic nitrogens is 1. The van der Waals surface area contributed by atoms with Gasteiger partial charge in [-0.1, -0.05) is 135 Å². The summed E-state index contributed by atoms with van der Waals surface area (Å²) < 4.78 is 3.77. The van der Waals surface area contributed by atoms with Crippen molar-refractivity contribution in [1.82, 2.24) is 4.57 Å². The third kappa shape index (κ3) is 4.95. The van der Waals surface area contributed by atoms with Crippen molar-refractivity contribution in [3.8, 4) is 27.9 Å². The Morgan fingerprint density at radius 2 is 1.32 bits per heavy atom. The van der Waals surface area contributed by atoms with E-state index in [1.54, 1.807) is 0 Å². The molecule has 7 aromatic carbocycles. The summed E-state index contributed by atoms with van der Waals surface area (Å²) >= 11 is 1.99. The molecule has 1 fully saturated rings. The van der Waals surface area contributed by atoms with Crippen LogP contribution in [0.15, 0.2) is 164 Å². The van der Waals surface area contributed by atoms with E-state index in [1.165, 1.54) is 124 Å². The van der Waals surface area contributed by atoms with E-state index in [0.717, 1.165) is 6.42 Å². The van der Waals surface area contributed by atoms with Crippen molar-refractivity contribution < 1.29 is 0 Å². The highest BCUT2D eigenvalue weighted by Gasteiger charge is 2.45. The van der Waals surface area contributed by atoms with Crippen LogP contribution in [0.1, 0.15) is 54.2 Å². The third-order valence-corrected chi connectivity index (χ3v) is 14.5. The molecule has 1 atom stereocenters. The zero-order valence-corrected chi connectivity index (χ0v) is 32.9. The maximum atomic E-state index is 2.55. The van der Waals surface area contributed by atoms with Crippen molar-refractivity contribution in [2.45, 2.75) is 44.4 Å². The number of para-hydroxylation sites is 2. The predicted molar refractivity (Wildman–Crippen MR) is 243 cm³/mol. The van der Waals surface area contributed by atoms with Gasteiger partial charge in [0, 0.05) is 43.5 Å². The molecule has 2 aromatic heterocycles. The van der Waals surface area contributed by atoms with Crippen LogP contribution in [0.5, 0.6) is 0 Å². The lowest BCUT2D eigenvalue weighted by molar-refractivity contribution is 0.550. The Balaban J connectivity index is 1.02. The van der Waals surface area contributed by atoms with Gasteiger partial charge in [0.05, 0.1) is 21.4 Å². The second kappa shape index (κ2) is 12.7. The summed E-state index contributed by atoms with van der Waals surface area (Å²) in [5.41, 5.74) is 17.1. The van der Waals surface area contributed by atoms with Crippen molar-refractivity contribution in [3.05, 3.63) is 185 Å². The lowest BCUT2D eigenvalue weighted by atomic mass is 9.76. The summed E-state index contributed by atoms with van der Waals surface area (Å²) in [5.74, 6) is 0.562. The van der Waals surface area contributed by atoms with E-state index in [4.69, 9.17) is 0 Å². The number of benzene rings is 7. The summed E-state index contributed by atoms with van der Waals surface area (Å²) in [6, 6.07) is 59.3. The van der Waals surface area contributed by atoms with Gasteiger partial charge in [-0.05, 0) is 119 Å². The molecule has 1 saturated carbocycles. The van der Waals surface area contributed by atoms with Crippen molar-refractivity contribution in [2.24, 2.45) is 5.92 Å². The second-order valence-electron chi connectivity index (χ2n) is 16.5. The topological polar surface area (TPSA) is 8.17 Å². The van der Waals surface area contributed by atoms with Gasteiger partial charge in [-0.3, -0.25) is 0 Å². The molecule has 0 N–H and O–H groups in total. The first-order valence-corrected chi connectivity index (χ1v) is 21.4. The molecule has 0 saturated heterocycles. The van der Waals surface area contributed by atoms with Crippen LogP contribution in [0, 0.1) is 5.92 Å². The molecule has 2 nitrogen and oxygen atoms in total. The van der Waals surface area contributed by atoms with Gasteiger partial charge in [0.15, 0.2) is 0 Å². The van der Waals surface area contributed by atoms with Gasteiger partial charge in [-0.2, -0.15) is 0 Å². The Morgan fingerprint density at radius 1 is 0.596 bits per heavy atom. The number of anilines is 3. The number of fused-ring (bicyclic) bond motifs is 11. The quantitative estimate of drug-likeness (QED) is 0.170. The monoisotopic (exact) mass is 750 g/mol. The molecule has 0 bridgehead atoms. The highest BCUT2D eigenvalue weighted by atomic mass is 32.1. The molecule has 274 valence electrons. The molecule has 3 heteroatoms. The number of allylic oxidation sites excluding steroid dienone is 1. The van der Waals surface area contributed by atoms with Gasteiger partial charge in [-0.25, -0.2) is 0 Å². The van der Waals surface area contributed by atoms with E-state index in [1.807, 2.05) is 11.3 Å². The molecule has 9 aromatic rings. The van der Waals surface area contributed by atoms with Crippen molar-refractivity contribution in [3.63, 3.8) is 0 Å². The standard InChI is InChI=1S/C54H42N2S/c1-35-20-27-45-46-16-11-19-50(53(46)57-52(45)32-35)55(40-26-29-42-41-14-5-7-17-47(41)54(48(42)34-40)30-9-10-31-54)39-24-21-36(22-25-39)37-23-28-44-43-15-6-8-18-49(43)56(51(44)33-37)38-12-3-2-4-13-38/h2-8,11-29,33-35H,9-10,30-32H2,1H3. The van der Waals surface area contributed by atoms with Crippen LogP contribution in [0.2, 0.25) is 0 Å². The Hall–Kier alpha value is -6.16. The predicted octanol–water partition coefficient (Wildman–Crippen LogP) is 15.2. The Labute approximate surface area is 338 Å². The summed E-state index contributed by atoms with van der Waals surface area (Å²) in [5, 5.41) is 3.91. The fourth-order valence-electron chi connectivity index (χ4n) is 10.6. The Kier molecular flexibility index (Phi) is 7.34. The van der Waals surface area contributed by atoms with Gasteiger partial charge in [0.1, 0.15) is 0 Å². The maximum Gasteiger partial charge on any atom is 0.0640 e. The molecule has 57 heavy (non-hydrogen) atoms. The lowest BCUT2D eigenvalue weighted by Gasteiger charge is -2.30. The number of nitrogens with zero attached hydrogens (tertiary/aromatic N) is 2. The summed E-state index contributed by atoms with van der Waals surface area (Å²) in [6.07, 6.45) is 10.9. The normalized spacial score (nSPS) is 16.4. The molecule has 1 spiro atoms. The molecule has 1 unspecified atom stereocenters. The Morgan fingerprint density at radius 3 is 2.19 bits per heavy atom. The highest BCUT2D eigenvalue weighted by Crippen LogP contribution is 2.58. The first-order chi connectivity index (χ1) is 28.1. The molecule has 0 radical (unpaired) electrons. The number of hydrogen-bond acceptors (Lipinski definition) is 2. The van der Waals surface area contributed by atoms with E-state index >= 15 is 0 Å². The molecule has 2 heterocycles. The molecule has 3 aliphatic rings. The average Bonchev–Trinajstić information content (AvgIpc) is 4.04. The smallest absolute Gasteiger partial charge is 0.0640 e. The zero-order chi connectivity index (χ0) is 37.7. The van der Waals surface area contributed by atoms with Crippen LogP contribution in [0.3, 0.4) is 0 Å². The minimum atomic E-state index is 0.104. The van der Waals surface area contributed by atoms with Gasteiger partial charge in [0.25, 0.3) is 0 Å². The van der Waals surface area contributed by atoms with Gasteiger partial charge < -0.3 is 9.47 Å². The number of rotatable bonds is 5. The minimum absolute atomic E-state index is 0.104. The zero-order valence-electron chi connectivity index (χ0n) is 32.1. The molecule has 0 amide bonds. The SMILES string of the molecule is CC1C=Cc2c(sc3c(N(c4ccc(-c5ccc6c7ccccc7n(-c7ccccc7)c6c5)cc4)c4ccc5c(c4)C4(CCCC4)c4ccccc4-5)cccc23)C1. The van der Waals surface area contributed by atoms with E-state index in [-0.39, 0.29) is 5.41 Å². The van der Waals surface area contributed by atoms with Crippen LogP contribution >= 0.6 is 11.3 Å². The fourth-order valence-corrected chi connectivity index (χ4v) is 12.1. The van der Waals surface area contributed by atoms with E-state index in [2.05, 4.69) is 186 Å². The fraction of sp³-hybridized carbons (Fsp3) is 0.148. The van der Waals surface area contributed by atoms with E-state index < -0.39 is 0 Å². The van der Waals surface area contributed by atoms with Crippen molar-refractivity contribution in [1.29, 1.82) is 0 Å².